The number of aromatic nitrogens is 10. The molecule has 10 aromatic rings. The van der Waals surface area contributed by atoms with E-state index in [0.29, 0.717) is 52.4 Å². The van der Waals surface area contributed by atoms with Crippen molar-refractivity contribution in [1.29, 1.82) is 0 Å². The number of hydrogen-bond acceptors (Lipinski definition) is 19. The quantitative estimate of drug-likeness (QED) is 0.0260. The van der Waals surface area contributed by atoms with Gasteiger partial charge < -0.3 is 30.6 Å². The first-order valence-corrected chi connectivity index (χ1v) is 54.0. The van der Waals surface area contributed by atoms with E-state index in [1.807, 2.05) is 0 Å². The number of fused-ring (bicyclic) bond motifs is 8. The van der Waals surface area contributed by atoms with E-state index in [2.05, 4.69) is 107 Å². The molecule has 0 unspecified atom stereocenters. The number of carbonyl (C=O) groups is 2. The van der Waals surface area contributed by atoms with E-state index >= 15 is 17.6 Å². The maximum Gasteiger partial charge on any atom is 1.00 e. The van der Waals surface area contributed by atoms with Gasteiger partial charge in [0.05, 0.1) is 68.8 Å². The zero-order valence-corrected chi connectivity index (χ0v) is 84.7. The number of aryl methyl sites for hydroxylation is 2. The second-order valence-corrected chi connectivity index (χ2v) is 43.5. The number of nitrogens with zero attached hydrogens (tertiary/aromatic N) is 12. The summed E-state index contributed by atoms with van der Waals surface area (Å²) < 4.78 is 335. The largest absolute Gasteiger partial charge is 1.00 e. The fraction of sp³-hybridized carbons (Fsp3) is 0.392. The first kappa shape index (κ1) is 108. The van der Waals surface area contributed by atoms with Gasteiger partial charge in [0.2, 0.25) is 31.9 Å². The van der Waals surface area contributed by atoms with E-state index in [9.17, 15) is 95.6 Å². The van der Waals surface area contributed by atoms with Crippen molar-refractivity contribution in [3.63, 3.8) is 0 Å². The number of halogens is 18. The van der Waals surface area contributed by atoms with Crippen LogP contribution in [0.15, 0.2) is 84.9 Å². The van der Waals surface area contributed by atoms with Crippen LogP contribution in [0.5, 0.6) is 0 Å². The van der Waals surface area contributed by atoms with Crippen molar-refractivity contribution in [2.24, 2.45) is 11.8 Å². The molecule has 27 nitrogen and oxygen atoms in total. The summed E-state index contributed by atoms with van der Waals surface area (Å²) in [6.45, 7) is 3.07. The molecule has 6 heterocycles. The van der Waals surface area contributed by atoms with Gasteiger partial charge >= 0.3 is 71.5 Å². The minimum atomic E-state index is -5.08. The number of alkyl halides is 10. The van der Waals surface area contributed by atoms with Gasteiger partial charge in [-0.3, -0.25) is 23.6 Å². The molecule has 694 valence electrons. The molecule has 0 aliphatic heterocycles. The predicted molar refractivity (Wildman–Crippen MR) is 465 cm³/mol. The SMILES string of the molecule is Cc1nn(CC(=O)N[C@@H](Cc2cc(F)cc(F)c2)c2nc(C#CC(C)(C)S(C)(=O)=O)ccc2-c2ccc(Cl)c3c(N(S(C)(=O)=O)S(C)(=O)=O)nn(CC(F)(F)F)c23)c2c1[C@H]1C[C@H]1C2(F)F.Cc1nn(CC(=O)N[C@@H](Cc2cc(F)cc(F)c2)c2nc(C#CC(C)(C)S(C)(=O)=O)ccc2-c2ccc(Cl)c3c([N-]S(C)(=O)=O)nn(CC(F)(F)F)c23)c2c1[C@H]1C[C@H]1C2(F)F.II.[Na+].[Na+].[OH-]. The van der Waals surface area contributed by atoms with Gasteiger partial charge in [-0.25, -0.2) is 69.6 Å². The van der Waals surface area contributed by atoms with Gasteiger partial charge in [-0.05, 0) is 169 Å². The average Bonchev–Trinajstić information content (AvgIpc) is 1.52. The standard InChI is InChI=1S/C40H37ClF7N7O7S3.C39H35ClF7N7O5S2.I2.2Na.H2O/c1-20-32-27-17-28(27)40(47,48)36(32)53(51-20)18-31(56)50-30(15-21-13-22(42)16-23(43)14-21)34-25(8-7-24(49-34)11-12-38(2,3)63(4,57)58)26-9-10-29(41)33-35(26)54(19-39(44,45)46)52-37(33)55(64(5,59)60)65(6,61)62;1-19-31-26-16-27(26)39(46,47)35(31)53(50-19)17-30(55)49-29(14-20-12-21(41)15-22(42)13-20)33-24(7-6-23(48-33)10-11-37(2,3)60(4,56)57)25-8-9-28(40)32-34(25)54(18-38(43,44)45)51-36(32)52-61(5,58)59;1-2;;;/h7-10,13-14,16,27-28,30H,15,17-19H2,1-6H3,(H,50,56);6-9,12-13,15,26-27,29H,14,16-18H2,1-5H3,(H2,49,51,52,55);;;;1H2/q;;;2*+1;/p-2/t27-,28+,30-;26-,27+,29-;;;;/m00..../s1. The molecule has 6 atom stereocenters. The van der Waals surface area contributed by atoms with Crippen LogP contribution in [0.25, 0.3) is 48.8 Å². The van der Waals surface area contributed by atoms with Crippen molar-refractivity contribution in [2.75, 3.05) is 35.0 Å². The van der Waals surface area contributed by atoms with Crippen molar-refractivity contribution in [2.45, 2.75) is 151 Å². The van der Waals surface area contributed by atoms with Crippen LogP contribution in [0.1, 0.15) is 132 Å². The molecule has 0 spiro atoms. The summed E-state index contributed by atoms with van der Waals surface area (Å²) in [7, 11) is -21.5. The molecule has 0 radical (unpaired) electrons. The maximum absolute atomic E-state index is 15.5. The van der Waals surface area contributed by atoms with Gasteiger partial charge in [0.1, 0.15) is 81.7 Å². The number of rotatable bonds is 23. The monoisotopic (exact) mass is 2220 g/mol. The average molecular weight is 2220 g/mol. The molecular weight excluding hydrogens is 2150 g/mol. The predicted octanol–water partition coefficient (Wildman–Crippen LogP) is 9.45. The molecule has 3 N–H and O–H groups in total. The third kappa shape index (κ3) is 23.3. The fourth-order valence-electron chi connectivity index (χ4n) is 15.4. The van der Waals surface area contributed by atoms with Gasteiger partial charge in [0, 0.05) is 124 Å². The van der Waals surface area contributed by atoms with Crippen molar-refractivity contribution < 1.29 is 178 Å². The molecule has 0 bridgehead atoms. The Morgan fingerprint density at radius 1 is 0.534 bits per heavy atom. The van der Waals surface area contributed by atoms with E-state index in [1.54, 1.807) is 6.92 Å². The summed E-state index contributed by atoms with van der Waals surface area (Å²) in [6, 6.07) is 11.7. The summed E-state index contributed by atoms with van der Waals surface area (Å²) in [4.78, 5) is 37.3. The van der Waals surface area contributed by atoms with E-state index in [0.717, 1.165) is 58.3 Å². The van der Waals surface area contributed by atoms with Crippen LogP contribution in [0.4, 0.5) is 73.1 Å². The molecule has 14 rings (SSSR count). The molecule has 131 heavy (non-hydrogen) atoms. The number of benzene rings is 4. The maximum atomic E-state index is 15.5. The summed E-state index contributed by atoms with van der Waals surface area (Å²) in [5.74, 6) is -6.55. The third-order valence-electron chi connectivity index (χ3n) is 21.5. The van der Waals surface area contributed by atoms with Crippen molar-refractivity contribution in [3.05, 3.63) is 191 Å². The van der Waals surface area contributed by atoms with Crippen LogP contribution in [-0.2, 0) is 110 Å². The Hall–Kier alpha value is -7.03. The van der Waals surface area contributed by atoms with Crippen LogP contribution in [0.3, 0.4) is 0 Å². The summed E-state index contributed by atoms with van der Waals surface area (Å²) in [5.41, 5.74) is -2.21. The summed E-state index contributed by atoms with van der Waals surface area (Å²) >= 11 is 17.2. The molecule has 52 heteroatoms. The summed E-state index contributed by atoms with van der Waals surface area (Å²) in [5, 5.41) is 19.8. The normalized spacial score (nSPS) is 17.0. The first-order valence-electron chi connectivity index (χ1n) is 37.6. The number of pyridine rings is 2. The van der Waals surface area contributed by atoms with Crippen LogP contribution < -0.4 is 73.5 Å². The Labute approximate surface area is 819 Å². The van der Waals surface area contributed by atoms with Crippen LogP contribution in [0.2, 0.25) is 10.0 Å². The number of sulfonamides is 3. The molecule has 0 saturated heterocycles. The van der Waals surface area contributed by atoms with Crippen molar-refractivity contribution in [3.8, 4) is 45.9 Å². The molecule has 2 amide bonds. The molecule has 2 saturated carbocycles. The zero-order chi connectivity index (χ0) is 94.9. The molecule has 6 aromatic heterocycles. The number of nitrogens with one attached hydrogen (secondary N) is 2. The second-order valence-electron chi connectivity index (χ2n) is 32.1. The Morgan fingerprint density at radius 2 is 0.878 bits per heavy atom. The van der Waals surface area contributed by atoms with E-state index in [1.165, 1.54) is 71.0 Å². The Morgan fingerprint density at radius 3 is 1.22 bits per heavy atom. The van der Waals surface area contributed by atoms with Crippen molar-refractivity contribution in [1.82, 2.24) is 59.7 Å². The van der Waals surface area contributed by atoms with Crippen molar-refractivity contribution >= 4 is 155 Å². The fourth-order valence-corrected chi connectivity index (χ4v) is 19.7. The van der Waals surface area contributed by atoms with Gasteiger partial charge in [-0.2, -0.15) is 59.2 Å². The Kier molecular flexibility index (Phi) is 31.9. The second kappa shape index (κ2) is 38.9. The minimum absolute atomic E-state index is 0. The Balaban J connectivity index is 0.000000284. The molecule has 2 fully saturated rings. The number of hydrogen-bond donors (Lipinski definition) is 2. The molecular formula is C79H72Cl2F14I2N14Na2O13S5. The number of sulfone groups is 2. The smallest absolute Gasteiger partial charge is 0.870 e. The summed E-state index contributed by atoms with van der Waals surface area (Å²) in [6.07, 6.45) is -6.97. The van der Waals surface area contributed by atoms with Gasteiger partial charge in [0.15, 0.2) is 35.5 Å². The van der Waals surface area contributed by atoms with E-state index in [-0.39, 0.29) is 164 Å². The first-order chi connectivity index (χ1) is 58.9. The molecule has 4 aliphatic carbocycles. The number of amides is 2. The van der Waals surface area contributed by atoms with Gasteiger partial charge in [-0.1, -0.05) is 47.2 Å². The Bertz CT molecular complexity index is 6960. The third-order valence-corrected chi connectivity index (χ3v) is 29.7. The number of carbonyl (C=O) groups excluding carboxylic acids is 2. The van der Waals surface area contributed by atoms with Gasteiger partial charge in [-0.15, -0.1) is 3.71 Å². The van der Waals surface area contributed by atoms with Crippen LogP contribution in [-0.4, -0.2) is 162 Å². The van der Waals surface area contributed by atoms with Crippen LogP contribution >= 0.6 is 60.4 Å². The van der Waals surface area contributed by atoms with Crippen LogP contribution in [0, 0.1) is 72.6 Å². The van der Waals surface area contributed by atoms with E-state index < -0.39 is 232 Å². The minimum Gasteiger partial charge on any atom is -0.870 e. The molecule has 4 aliphatic rings. The topological polar surface area (TPSA) is 373 Å². The molecule has 4 aromatic carbocycles. The zero-order valence-electron chi connectivity index (χ0n) is 70.8. The number of anilines is 1. The van der Waals surface area contributed by atoms with Gasteiger partial charge in [0.25, 0.3) is 11.8 Å². The van der Waals surface area contributed by atoms with E-state index in [4.69, 9.17) is 23.2 Å².